The molecule has 5 nitrogen and oxygen atoms in total. The Morgan fingerprint density at radius 1 is 1.41 bits per heavy atom. The zero-order valence-corrected chi connectivity index (χ0v) is 9.34. The molecule has 2 aromatic rings. The lowest BCUT2D eigenvalue weighted by atomic mass is 10.3. The summed E-state index contributed by atoms with van der Waals surface area (Å²) in [5.41, 5.74) is 0. The van der Waals surface area contributed by atoms with Crippen molar-refractivity contribution in [2.45, 2.75) is 13.5 Å². The van der Waals surface area contributed by atoms with Gasteiger partial charge in [-0.1, -0.05) is 18.2 Å². The van der Waals surface area contributed by atoms with Gasteiger partial charge in [0.15, 0.2) is 0 Å². The quantitative estimate of drug-likeness (QED) is 0.881. The van der Waals surface area contributed by atoms with Crippen LogP contribution in [0.3, 0.4) is 0 Å². The topological polar surface area (TPSA) is 64.4 Å². The van der Waals surface area contributed by atoms with E-state index in [0.717, 1.165) is 0 Å². The predicted molar refractivity (Wildman–Crippen MR) is 60.5 cm³/mol. The first kappa shape index (κ1) is 11.2. The monoisotopic (exact) mass is 232 g/mol. The van der Waals surface area contributed by atoms with Crippen molar-refractivity contribution in [2.24, 2.45) is 0 Å². The minimum absolute atomic E-state index is 0.208. The van der Waals surface area contributed by atoms with Crippen molar-refractivity contribution >= 4 is 6.09 Å². The van der Waals surface area contributed by atoms with Crippen LogP contribution in [0.2, 0.25) is 0 Å². The predicted octanol–water partition coefficient (Wildman–Crippen LogP) is 2.27. The number of hydrogen-bond donors (Lipinski definition) is 1. The van der Waals surface area contributed by atoms with Crippen molar-refractivity contribution in [1.29, 1.82) is 0 Å². The number of hydrogen-bond acceptors (Lipinski definition) is 4. The van der Waals surface area contributed by atoms with Gasteiger partial charge in [-0.3, -0.25) is 0 Å². The highest BCUT2D eigenvalue weighted by atomic mass is 16.6. The Labute approximate surface area is 98.4 Å². The molecule has 0 unspecified atom stereocenters. The minimum atomic E-state index is -0.535. The van der Waals surface area contributed by atoms with Crippen LogP contribution in [0.1, 0.15) is 11.7 Å². The summed E-state index contributed by atoms with van der Waals surface area (Å²) in [6.07, 6.45) is 1.06. The summed E-state index contributed by atoms with van der Waals surface area (Å²) in [7, 11) is 0. The van der Waals surface area contributed by atoms with Crippen LogP contribution in [-0.4, -0.2) is 11.1 Å². The molecule has 17 heavy (non-hydrogen) atoms. The number of aryl methyl sites for hydroxylation is 1. The largest absolute Gasteiger partial charge is 0.444 e. The Morgan fingerprint density at radius 2 is 2.18 bits per heavy atom. The molecule has 0 aliphatic rings. The molecule has 0 bridgehead atoms. The van der Waals surface area contributed by atoms with Crippen LogP contribution >= 0.6 is 0 Å². The molecule has 2 rings (SSSR count). The molecule has 0 fully saturated rings. The molecule has 0 atom stereocenters. The van der Waals surface area contributed by atoms with Gasteiger partial charge in [0, 0.05) is 0 Å². The molecule has 0 radical (unpaired) electrons. The van der Waals surface area contributed by atoms with Gasteiger partial charge in [0.05, 0.1) is 12.7 Å². The number of nitrogens with one attached hydrogen (secondary N) is 1. The fraction of sp³-hybridized carbons (Fsp3) is 0.167. The van der Waals surface area contributed by atoms with Gasteiger partial charge < -0.3 is 14.5 Å². The Kier molecular flexibility index (Phi) is 3.40. The summed E-state index contributed by atoms with van der Waals surface area (Å²) in [5, 5.41) is 2.54. The third-order valence-electron chi connectivity index (χ3n) is 2.01. The summed E-state index contributed by atoms with van der Waals surface area (Å²) in [6.45, 7) is 2.00. The van der Waals surface area contributed by atoms with Crippen molar-refractivity contribution < 1.29 is 13.9 Å². The van der Waals surface area contributed by atoms with Crippen LogP contribution in [0.15, 0.2) is 40.9 Å². The number of oxazole rings is 1. The Hall–Kier alpha value is -2.30. The lowest BCUT2D eigenvalue weighted by Crippen LogP contribution is -2.26. The number of rotatable bonds is 3. The SMILES string of the molecule is Cc1cnc(CNC(=O)Oc2ccccc2)o1. The molecule has 0 saturated heterocycles. The molecule has 0 aliphatic carbocycles. The summed E-state index contributed by atoms with van der Waals surface area (Å²) in [5.74, 6) is 1.65. The van der Waals surface area contributed by atoms with E-state index in [0.29, 0.717) is 17.4 Å². The maximum atomic E-state index is 11.4. The van der Waals surface area contributed by atoms with E-state index >= 15 is 0 Å². The van der Waals surface area contributed by atoms with Crippen LogP contribution in [0.5, 0.6) is 5.75 Å². The zero-order valence-electron chi connectivity index (χ0n) is 9.34. The summed E-state index contributed by atoms with van der Waals surface area (Å²) < 4.78 is 10.2. The molecule has 1 N–H and O–H groups in total. The Morgan fingerprint density at radius 3 is 2.82 bits per heavy atom. The van der Waals surface area contributed by atoms with Gasteiger partial charge in [0.1, 0.15) is 11.5 Å². The first-order valence-electron chi connectivity index (χ1n) is 5.16. The highest BCUT2D eigenvalue weighted by Crippen LogP contribution is 2.08. The van der Waals surface area contributed by atoms with Gasteiger partial charge in [-0.2, -0.15) is 0 Å². The highest BCUT2D eigenvalue weighted by molar-refractivity contribution is 5.70. The Balaban J connectivity index is 1.82. The second-order valence-electron chi connectivity index (χ2n) is 3.42. The number of para-hydroxylation sites is 1. The van der Waals surface area contributed by atoms with Crippen LogP contribution < -0.4 is 10.1 Å². The summed E-state index contributed by atoms with van der Waals surface area (Å²) in [6, 6.07) is 8.84. The number of ether oxygens (including phenoxy) is 1. The molecule has 0 spiro atoms. The smallest absolute Gasteiger partial charge is 0.413 e. The van der Waals surface area contributed by atoms with E-state index < -0.39 is 6.09 Å². The van der Waals surface area contributed by atoms with Crippen molar-refractivity contribution in [3.8, 4) is 5.75 Å². The standard InChI is InChI=1S/C12H12N2O3/c1-9-7-13-11(16-9)8-14-12(15)17-10-5-3-2-4-6-10/h2-7H,8H2,1H3,(H,14,15). The molecular weight excluding hydrogens is 220 g/mol. The van der Waals surface area contributed by atoms with E-state index in [9.17, 15) is 4.79 Å². The van der Waals surface area contributed by atoms with Crippen molar-refractivity contribution in [3.63, 3.8) is 0 Å². The van der Waals surface area contributed by atoms with Gasteiger partial charge in [-0.15, -0.1) is 0 Å². The summed E-state index contributed by atoms with van der Waals surface area (Å²) in [4.78, 5) is 15.3. The molecule has 1 aromatic heterocycles. The zero-order chi connectivity index (χ0) is 12.1. The molecule has 88 valence electrons. The fourth-order valence-corrected chi connectivity index (χ4v) is 1.26. The average Bonchev–Trinajstić information content (AvgIpc) is 2.74. The highest BCUT2D eigenvalue weighted by Gasteiger charge is 2.06. The third kappa shape index (κ3) is 3.34. The molecule has 5 heteroatoms. The average molecular weight is 232 g/mol. The van der Waals surface area contributed by atoms with Crippen LogP contribution in [-0.2, 0) is 6.54 Å². The number of amides is 1. The third-order valence-corrected chi connectivity index (χ3v) is 2.01. The van der Waals surface area contributed by atoms with Gasteiger partial charge in [0.25, 0.3) is 0 Å². The second kappa shape index (κ2) is 5.16. The minimum Gasteiger partial charge on any atom is -0.444 e. The van der Waals surface area contributed by atoms with Crippen LogP contribution in [0.4, 0.5) is 4.79 Å². The van der Waals surface area contributed by atoms with E-state index in [1.165, 1.54) is 0 Å². The van der Waals surface area contributed by atoms with Crippen molar-refractivity contribution in [3.05, 3.63) is 48.2 Å². The van der Waals surface area contributed by atoms with E-state index in [4.69, 9.17) is 9.15 Å². The van der Waals surface area contributed by atoms with E-state index in [1.807, 2.05) is 6.07 Å². The fourth-order valence-electron chi connectivity index (χ4n) is 1.26. The van der Waals surface area contributed by atoms with Gasteiger partial charge >= 0.3 is 6.09 Å². The number of aromatic nitrogens is 1. The normalized spacial score (nSPS) is 9.94. The molecule has 0 aliphatic heterocycles. The number of carbonyl (C=O) groups excluding carboxylic acids is 1. The van der Waals surface area contributed by atoms with E-state index in [2.05, 4.69) is 10.3 Å². The van der Waals surface area contributed by atoms with E-state index in [-0.39, 0.29) is 6.54 Å². The number of carbonyl (C=O) groups is 1. The van der Waals surface area contributed by atoms with Crippen LogP contribution in [0, 0.1) is 6.92 Å². The molecule has 1 amide bonds. The van der Waals surface area contributed by atoms with Gasteiger partial charge in [-0.05, 0) is 19.1 Å². The van der Waals surface area contributed by atoms with Crippen molar-refractivity contribution in [2.75, 3.05) is 0 Å². The molecule has 0 saturated carbocycles. The molecule has 1 aromatic carbocycles. The first-order chi connectivity index (χ1) is 8.24. The lowest BCUT2D eigenvalue weighted by Gasteiger charge is -2.04. The number of benzene rings is 1. The van der Waals surface area contributed by atoms with E-state index in [1.54, 1.807) is 37.4 Å². The first-order valence-corrected chi connectivity index (χ1v) is 5.16. The molecular formula is C12H12N2O3. The summed E-state index contributed by atoms with van der Waals surface area (Å²) >= 11 is 0. The molecule has 1 heterocycles. The van der Waals surface area contributed by atoms with Crippen molar-refractivity contribution in [1.82, 2.24) is 10.3 Å². The maximum Gasteiger partial charge on any atom is 0.413 e. The van der Waals surface area contributed by atoms with Crippen LogP contribution in [0.25, 0.3) is 0 Å². The lowest BCUT2D eigenvalue weighted by molar-refractivity contribution is 0.198. The second-order valence-corrected chi connectivity index (χ2v) is 3.42. The number of nitrogens with zero attached hydrogens (tertiary/aromatic N) is 1. The Bertz CT molecular complexity index is 493. The van der Waals surface area contributed by atoms with Gasteiger partial charge in [0.2, 0.25) is 5.89 Å². The maximum absolute atomic E-state index is 11.4. The van der Waals surface area contributed by atoms with Gasteiger partial charge in [-0.25, -0.2) is 9.78 Å².